The van der Waals surface area contributed by atoms with Crippen LogP contribution >= 0.6 is 0 Å². The summed E-state index contributed by atoms with van der Waals surface area (Å²) in [7, 11) is 2.71. The topological polar surface area (TPSA) is 38.3 Å². The largest absolute Gasteiger partial charge is 0.516 e. The monoisotopic (exact) mass is 172 g/mol. The van der Waals surface area contributed by atoms with Crippen LogP contribution in [0, 0.1) is 5.41 Å². The molecule has 0 fully saturated rings. The van der Waals surface area contributed by atoms with Crippen molar-refractivity contribution < 1.29 is 9.22 Å². The molecule has 11 heavy (non-hydrogen) atoms. The number of hydrogen-bond donors (Lipinski definition) is 1. The lowest BCUT2D eigenvalue weighted by molar-refractivity contribution is -0.143. The van der Waals surface area contributed by atoms with Crippen molar-refractivity contribution in [2.45, 2.75) is 20.8 Å². The molecule has 0 amide bonds. The molecule has 1 N–H and O–H groups in total. The van der Waals surface area contributed by atoms with Crippen LogP contribution in [0.4, 0.5) is 0 Å². The molecule has 0 spiro atoms. The van der Waals surface area contributed by atoms with Crippen LogP contribution in [0.5, 0.6) is 0 Å². The highest BCUT2D eigenvalue weighted by Gasteiger charge is 2.27. The first kappa shape index (κ1) is 10.6. The number of carbonyl (C=O) groups is 1. The van der Waals surface area contributed by atoms with E-state index in [1.165, 1.54) is 0 Å². The summed E-state index contributed by atoms with van der Waals surface area (Å²) in [5, 5.41) is 3.08. The first-order chi connectivity index (χ1) is 5.04. The van der Waals surface area contributed by atoms with Gasteiger partial charge in [0.15, 0.2) is 0 Å². The van der Waals surface area contributed by atoms with E-state index in [2.05, 4.69) is 20.2 Å². The average molecular weight is 172 g/mol. The SMILES string of the molecule is CCNCC(C)(C)C(=O)O[Si]. The predicted molar refractivity (Wildman–Crippen MR) is 44.2 cm³/mol. The van der Waals surface area contributed by atoms with Gasteiger partial charge in [-0.05, 0) is 20.4 Å². The number of nitrogens with one attached hydrogen (secondary N) is 1. The van der Waals surface area contributed by atoms with Gasteiger partial charge in [0, 0.05) is 6.54 Å². The predicted octanol–water partition coefficient (Wildman–Crippen LogP) is 0.249. The molecular weight excluding hydrogens is 158 g/mol. The Labute approximate surface area is 71.0 Å². The van der Waals surface area contributed by atoms with E-state index < -0.39 is 5.41 Å². The van der Waals surface area contributed by atoms with Gasteiger partial charge in [0.25, 0.3) is 5.97 Å². The molecule has 0 aromatic carbocycles. The molecule has 4 heteroatoms. The molecule has 0 bridgehead atoms. The van der Waals surface area contributed by atoms with Crippen LogP contribution in [0.2, 0.25) is 0 Å². The minimum Gasteiger partial charge on any atom is -0.516 e. The quantitative estimate of drug-likeness (QED) is 0.618. The fourth-order valence-corrected chi connectivity index (χ4v) is 0.924. The lowest BCUT2D eigenvalue weighted by Crippen LogP contribution is -2.36. The summed E-state index contributed by atoms with van der Waals surface area (Å²) in [5.74, 6) is -0.255. The first-order valence-corrected chi connectivity index (χ1v) is 4.04. The number of carbonyl (C=O) groups excluding carboxylic acids is 1. The highest BCUT2D eigenvalue weighted by atomic mass is 28.2. The fourth-order valence-electron chi connectivity index (χ4n) is 0.648. The summed E-state index contributed by atoms with van der Waals surface area (Å²) in [4.78, 5) is 11.0. The molecule has 0 heterocycles. The second-order valence-electron chi connectivity index (χ2n) is 3.05. The van der Waals surface area contributed by atoms with Gasteiger partial charge in [-0.2, -0.15) is 0 Å². The third kappa shape index (κ3) is 3.53. The number of hydrogen-bond acceptors (Lipinski definition) is 3. The van der Waals surface area contributed by atoms with Gasteiger partial charge in [-0.15, -0.1) is 0 Å². The molecule has 0 aromatic heterocycles. The van der Waals surface area contributed by atoms with Crippen molar-refractivity contribution in [3.63, 3.8) is 0 Å². The molecule has 0 aliphatic heterocycles. The van der Waals surface area contributed by atoms with E-state index in [0.29, 0.717) is 6.54 Å². The van der Waals surface area contributed by atoms with Gasteiger partial charge < -0.3 is 9.74 Å². The molecule has 0 saturated heterocycles. The van der Waals surface area contributed by atoms with Crippen molar-refractivity contribution >= 4 is 16.5 Å². The average Bonchev–Trinajstić information content (AvgIpc) is 1.99. The first-order valence-electron chi connectivity index (χ1n) is 3.63. The van der Waals surface area contributed by atoms with Gasteiger partial charge in [-0.1, -0.05) is 6.92 Å². The van der Waals surface area contributed by atoms with E-state index in [1.54, 1.807) is 0 Å². The van der Waals surface area contributed by atoms with Gasteiger partial charge in [0.2, 0.25) is 0 Å². The van der Waals surface area contributed by atoms with Gasteiger partial charge >= 0.3 is 10.5 Å². The molecule has 3 radical (unpaired) electrons. The van der Waals surface area contributed by atoms with E-state index in [4.69, 9.17) is 0 Å². The fraction of sp³-hybridized carbons (Fsp3) is 0.857. The Morgan fingerprint density at radius 3 is 2.55 bits per heavy atom. The van der Waals surface area contributed by atoms with Gasteiger partial charge in [0.1, 0.15) is 0 Å². The number of rotatable bonds is 4. The Morgan fingerprint density at radius 1 is 1.64 bits per heavy atom. The van der Waals surface area contributed by atoms with Crippen LogP contribution in [0.3, 0.4) is 0 Å². The molecule has 0 aromatic rings. The Hall–Kier alpha value is -0.353. The highest BCUT2D eigenvalue weighted by Crippen LogP contribution is 2.14. The van der Waals surface area contributed by atoms with Gasteiger partial charge in [-0.3, -0.25) is 4.79 Å². The van der Waals surface area contributed by atoms with E-state index in [1.807, 2.05) is 20.8 Å². The summed E-state index contributed by atoms with van der Waals surface area (Å²) in [6.07, 6.45) is 0. The molecule has 0 saturated carbocycles. The van der Waals surface area contributed by atoms with Crippen molar-refractivity contribution in [3.8, 4) is 0 Å². The molecule has 0 aliphatic rings. The Balaban J connectivity index is 3.88. The summed E-state index contributed by atoms with van der Waals surface area (Å²) >= 11 is 0. The van der Waals surface area contributed by atoms with Crippen molar-refractivity contribution in [2.24, 2.45) is 5.41 Å². The zero-order chi connectivity index (χ0) is 8.91. The van der Waals surface area contributed by atoms with Crippen molar-refractivity contribution in [2.75, 3.05) is 13.1 Å². The molecule has 3 nitrogen and oxygen atoms in total. The zero-order valence-corrected chi connectivity index (χ0v) is 8.23. The van der Waals surface area contributed by atoms with E-state index >= 15 is 0 Å². The van der Waals surface area contributed by atoms with Crippen LogP contribution in [0.1, 0.15) is 20.8 Å². The third-order valence-corrected chi connectivity index (χ3v) is 1.65. The summed E-state index contributed by atoms with van der Waals surface area (Å²) in [6.45, 7) is 7.15. The lowest BCUT2D eigenvalue weighted by atomic mass is 9.94. The molecular formula is C7H14NO2Si. The van der Waals surface area contributed by atoms with Gasteiger partial charge in [0.05, 0.1) is 5.41 Å². The maximum absolute atomic E-state index is 11.0. The highest BCUT2D eigenvalue weighted by molar-refractivity contribution is 6.06. The van der Waals surface area contributed by atoms with Crippen LogP contribution in [0.15, 0.2) is 0 Å². The van der Waals surface area contributed by atoms with Crippen molar-refractivity contribution in [3.05, 3.63) is 0 Å². The van der Waals surface area contributed by atoms with E-state index in [-0.39, 0.29) is 5.97 Å². The standard InChI is InChI=1S/C7H14NO2Si/c1-4-8-5-7(2,3)6(9)10-11/h8H,4-5H2,1-3H3. The normalized spacial score (nSPS) is 11.3. The van der Waals surface area contributed by atoms with Crippen molar-refractivity contribution in [1.29, 1.82) is 0 Å². The smallest absolute Gasteiger partial charge is 0.345 e. The zero-order valence-electron chi connectivity index (χ0n) is 7.23. The second kappa shape index (κ2) is 4.51. The Bertz CT molecular complexity index is 136. The maximum Gasteiger partial charge on any atom is 0.345 e. The molecule has 0 rings (SSSR count). The minimum absolute atomic E-state index is 0.255. The van der Waals surface area contributed by atoms with Crippen LogP contribution < -0.4 is 5.32 Å². The molecule has 63 valence electrons. The van der Waals surface area contributed by atoms with Gasteiger partial charge in [-0.25, -0.2) is 0 Å². The Morgan fingerprint density at radius 2 is 2.18 bits per heavy atom. The van der Waals surface area contributed by atoms with Crippen molar-refractivity contribution in [1.82, 2.24) is 5.32 Å². The molecule has 0 aliphatic carbocycles. The summed E-state index contributed by atoms with van der Waals surface area (Å²) in [6, 6.07) is 0. The molecule has 0 unspecified atom stereocenters. The maximum atomic E-state index is 11.0. The Kier molecular flexibility index (Phi) is 4.36. The second-order valence-corrected chi connectivity index (χ2v) is 3.26. The van der Waals surface area contributed by atoms with Crippen LogP contribution in [-0.4, -0.2) is 29.5 Å². The summed E-state index contributed by atoms with van der Waals surface area (Å²) < 4.78 is 4.44. The summed E-state index contributed by atoms with van der Waals surface area (Å²) in [5.41, 5.74) is -0.461. The van der Waals surface area contributed by atoms with E-state index in [9.17, 15) is 4.79 Å². The molecule has 0 atom stereocenters. The van der Waals surface area contributed by atoms with E-state index in [0.717, 1.165) is 6.54 Å². The van der Waals surface area contributed by atoms with Crippen LogP contribution in [0.25, 0.3) is 0 Å². The van der Waals surface area contributed by atoms with Crippen LogP contribution in [-0.2, 0) is 9.22 Å². The minimum atomic E-state index is -0.461. The third-order valence-electron chi connectivity index (χ3n) is 1.46. The lowest BCUT2D eigenvalue weighted by Gasteiger charge is -2.21.